The molecule has 1 aromatic rings. The van der Waals surface area contributed by atoms with E-state index in [9.17, 15) is 4.79 Å². The first kappa shape index (κ1) is 14.0. The highest BCUT2D eigenvalue weighted by Crippen LogP contribution is 2.28. The maximum Gasteiger partial charge on any atom is 0.268 e. The van der Waals surface area contributed by atoms with Crippen LogP contribution >= 0.6 is 0 Å². The molecular weight excluding hydrogens is 238 g/mol. The van der Waals surface area contributed by atoms with Crippen LogP contribution in [0.1, 0.15) is 50.5 Å². The Hall–Kier alpha value is -1.45. The summed E-state index contributed by atoms with van der Waals surface area (Å²) < 4.78 is 1.90. The largest absolute Gasteiger partial charge is 0.397 e. The Labute approximate surface area is 115 Å². The van der Waals surface area contributed by atoms with Crippen LogP contribution in [0, 0.1) is 11.8 Å². The van der Waals surface area contributed by atoms with Gasteiger partial charge in [0, 0.05) is 18.8 Å². The molecule has 0 bridgehead atoms. The van der Waals surface area contributed by atoms with Crippen LogP contribution in [0.2, 0.25) is 0 Å². The highest BCUT2D eigenvalue weighted by Gasteiger charge is 2.27. The maximum absolute atomic E-state index is 12.3. The zero-order chi connectivity index (χ0) is 14.0. The molecule has 106 valence electrons. The van der Waals surface area contributed by atoms with Crippen molar-refractivity contribution in [1.29, 1.82) is 0 Å². The second-order valence-corrected chi connectivity index (χ2v) is 5.92. The number of nitrogen functional groups attached to an aromatic ring is 1. The van der Waals surface area contributed by atoms with E-state index >= 15 is 0 Å². The topological polar surface area (TPSA) is 60.0 Å². The van der Waals surface area contributed by atoms with Crippen LogP contribution in [0.15, 0.2) is 12.3 Å². The summed E-state index contributed by atoms with van der Waals surface area (Å²) in [6, 6.07) is 2.06. The smallest absolute Gasteiger partial charge is 0.268 e. The molecule has 1 aliphatic carbocycles. The number of anilines is 1. The lowest BCUT2D eigenvalue weighted by molar-refractivity contribution is 0.0890. The van der Waals surface area contributed by atoms with Gasteiger partial charge in [0.25, 0.3) is 5.91 Å². The minimum atomic E-state index is 0.00459. The number of nitrogens with two attached hydrogens (primary N) is 1. The number of hydrogen-bond donors (Lipinski definition) is 2. The molecule has 1 amide bonds. The molecule has 1 fully saturated rings. The summed E-state index contributed by atoms with van der Waals surface area (Å²) in [7, 11) is 0. The van der Waals surface area contributed by atoms with E-state index in [0.29, 0.717) is 23.3 Å². The number of aromatic nitrogens is 1. The first-order valence-electron chi connectivity index (χ1n) is 7.27. The van der Waals surface area contributed by atoms with Gasteiger partial charge in [-0.2, -0.15) is 0 Å². The Morgan fingerprint density at radius 1 is 1.47 bits per heavy atom. The third-order valence-electron chi connectivity index (χ3n) is 4.24. The zero-order valence-corrected chi connectivity index (χ0v) is 12.1. The fourth-order valence-corrected chi connectivity index (χ4v) is 3.11. The van der Waals surface area contributed by atoms with Gasteiger partial charge < -0.3 is 15.6 Å². The molecule has 0 aromatic carbocycles. The Balaban J connectivity index is 2.04. The summed E-state index contributed by atoms with van der Waals surface area (Å²) in [6.07, 6.45) is 5.30. The highest BCUT2D eigenvalue weighted by atomic mass is 16.2. The van der Waals surface area contributed by atoms with Crippen LogP contribution < -0.4 is 11.1 Å². The Kier molecular flexibility index (Phi) is 4.17. The number of rotatable bonds is 3. The fraction of sp³-hybridized carbons (Fsp3) is 0.667. The Bertz CT molecular complexity index is 452. The average molecular weight is 263 g/mol. The summed E-state index contributed by atoms with van der Waals surface area (Å²) in [4.78, 5) is 12.3. The summed E-state index contributed by atoms with van der Waals surface area (Å²) in [5.41, 5.74) is 7.09. The van der Waals surface area contributed by atoms with Crippen molar-refractivity contribution in [2.75, 3.05) is 5.73 Å². The molecule has 0 aliphatic heterocycles. The second-order valence-electron chi connectivity index (χ2n) is 5.92. The first-order valence-corrected chi connectivity index (χ1v) is 7.27. The van der Waals surface area contributed by atoms with Crippen LogP contribution in [0.5, 0.6) is 0 Å². The van der Waals surface area contributed by atoms with Gasteiger partial charge in [-0.15, -0.1) is 0 Å². The number of amides is 1. The molecule has 1 aromatic heterocycles. The lowest BCUT2D eigenvalue weighted by atomic mass is 9.80. The third kappa shape index (κ3) is 3.11. The van der Waals surface area contributed by atoms with E-state index in [0.717, 1.165) is 18.9 Å². The normalized spacial score (nSPS) is 27.2. The van der Waals surface area contributed by atoms with Gasteiger partial charge in [-0.25, -0.2) is 0 Å². The molecule has 4 nitrogen and oxygen atoms in total. The molecule has 0 saturated heterocycles. The van der Waals surface area contributed by atoms with E-state index in [1.54, 1.807) is 6.07 Å². The lowest BCUT2D eigenvalue weighted by Gasteiger charge is -2.33. The highest BCUT2D eigenvalue weighted by molar-refractivity contribution is 5.94. The molecule has 2 rings (SSSR count). The molecule has 1 aliphatic rings. The number of hydrogen-bond acceptors (Lipinski definition) is 2. The van der Waals surface area contributed by atoms with Crippen molar-refractivity contribution in [3.8, 4) is 0 Å². The van der Waals surface area contributed by atoms with E-state index in [1.165, 1.54) is 12.8 Å². The molecule has 3 atom stereocenters. The van der Waals surface area contributed by atoms with Gasteiger partial charge in [0.1, 0.15) is 5.69 Å². The van der Waals surface area contributed by atoms with Crippen LogP contribution in [-0.2, 0) is 6.54 Å². The minimum Gasteiger partial charge on any atom is -0.397 e. The molecule has 4 heteroatoms. The maximum atomic E-state index is 12.3. The van der Waals surface area contributed by atoms with E-state index in [1.807, 2.05) is 17.7 Å². The minimum absolute atomic E-state index is 0.00459. The molecule has 0 radical (unpaired) electrons. The predicted molar refractivity (Wildman–Crippen MR) is 78.0 cm³/mol. The molecule has 3 N–H and O–H groups in total. The van der Waals surface area contributed by atoms with Crippen molar-refractivity contribution in [2.24, 2.45) is 11.8 Å². The Morgan fingerprint density at radius 3 is 2.84 bits per heavy atom. The summed E-state index contributed by atoms with van der Waals surface area (Å²) >= 11 is 0. The van der Waals surface area contributed by atoms with E-state index in [-0.39, 0.29) is 5.91 Å². The molecule has 19 heavy (non-hydrogen) atoms. The van der Waals surface area contributed by atoms with Gasteiger partial charge in [0.05, 0.1) is 5.69 Å². The van der Waals surface area contributed by atoms with Gasteiger partial charge in [-0.05, 0) is 44.1 Å². The first-order chi connectivity index (χ1) is 9.01. The second kappa shape index (κ2) is 5.68. The molecule has 0 spiro atoms. The van der Waals surface area contributed by atoms with Crippen LogP contribution in [-0.4, -0.2) is 16.5 Å². The predicted octanol–water partition coefficient (Wildman–Crippen LogP) is 2.64. The SMILES string of the molecule is CCn1cc(N)cc1C(=O)NC1CCC(C)CC1C. The van der Waals surface area contributed by atoms with Crippen molar-refractivity contribution in [3.05, 3.63) is 18.0 Å². The fourth-order valence-electron chi connectivity index (χ4n) is 3.11. The molecule has 1 saturated carbocycles. The number of nitrogens with one attached hydrogen (secondary N) is 1. The van der Waals surface area contributed by atoms with Gasteiger partial charge in [-0.1, -0.05) is 13.8 Å². The van der Waals surface area contributed by atoms with Crippen molar-refractivity contribution in [2.45, 2.75) is 52.6 Å². The van der Waals surface area contributed by atoms with Crippen molar-refractivity contribution in [3.63, 3.8) is 0 Å². The van der Waals surface area contributed by atoms with Gasteiger partial charge in [0.2, 0.25) is 0 Å². The monoisotopic (exact) mass is 263 g/mol. The number of nitrogens with zero attached hydrogens (tertiary/aromatic N) is 1. The number of carbonyl (C=O) groups is 1. The average Bonchev–Trinajstić information content (AvgIpc) is 2.74. The zero-order valence-electron chi connectivity index (χ0n) is 12.1. The van der Waals surface area contributed by atoms with Crippen molar-refractivity contribution in [1.82, 2.24) is 9.88 Å². The van der Waals surface area contributed by atoms with Crippen LogP contribution in [0.3, 0.4) is 0 Å². The quantitative estimate of drug-likeness (QED) is 0.880. The van der Waals surface area contributed by atoms with E-state index in [4.69, 9.17) is 5.73 Å². The summed E-state index contributed by atoms with van der Waals surface area (Å²) in [5, 5.41) is 3.18. The van der Waals surface area contributed by atoms with Gasteiger partial charge in [0.15, 0.2) is 0 Å². The summed E-state index contributed by atoms with van der Waals surface area (Å²) in [6.45, 7) is 7.30. The summed E-state index contributed by atoms with van der Waals surface area (Å²) in [5.74, 6) is 1.33. The molecular formula is C15H25N3O. The van der Waals surface area contributed by atoms with E-state index in [2.05, 4.69) is 19.2 Å². The number of aryl methyl sites for hydroxylation is 1. The number of carbonyl (C=O) groups excluding carboxylic acids is 1. The van der Waals surface area contributed by atoms with Crippen molar-refractivity contribution < 1.29 is 4.79 Å². The van der Waals surface area contributed by atoms with Gasteiger partial charge >= 0.3 is 0 Å². The van der Waals surface area contributed by atoms with Crippen LogP contribution in [0.25, 0.3) is 0 Å². The standard InChI is InChI=1S/C15H25N3O/c1-4-18-9-12(16)8-14(18)15(19)17-13-6-5-10(2)7-11(13)3/h8-11,13H,4-7,16H2,1-3H3,(H,17,19). The molecule has 3 unspecified atom stereocenters. The Morgan fingerprint density at radius 2 is 2.21 bits per heavy atom. The molecule has 1 heterocycles. The lowest BCUT2D eigenvalue weighted by Crippen LogP contribution is -2.43. The third-order valence-corrected chi connectivity index (χ3v) is 4.24. The van der Waals surface area contributed by atoms with E-state index < -0.39 is 0 Å². The van der Waals surface area contributed by atoms with Crippen LogP contribution in [0.4, 0.5) is 5.69 Å². The van der Waals surface area contributed by atoms with Crippen molar-refractivity contribution >= 4 is 11.6 Å². The van der Waals surface area contributed by atoms with Gasteiger partial charge in [-0.3, -0.25) is 4.79 Å².